The number of anilines is 4. The van der Waals surface area contributed by atoms with Gasteiger partial charge < -0.3 is 20.3 Å². The molecule has 0 aliphatic carbocycles. The van der Waals surface area contributed by atoms with E-state index in [1.165, 1.54) is 12.4 Å². The van der Waals surface area contributed by atoms with Gasteiger partial charge in [0.2, 0.25) is 5.95 Å². The fourth-order valence-electron chi connectivity index (χ4n) is 3.59. The Kier molecular flexibility index (Phi) is 5.92. The van der Waals surface area contributed by atoms with E-state index in [1.54, 1.807) is 16.8 Å². The zero-order valence-electron chi connectivity index (χ0n) is 18.3. The van der Waals surface area contributed by atoms with Gasteiger partial charge in [0.25, 0.3) is 5.91 Å². The molecule has 174 valence electrons. The number of benzene rings is 1. The number of nitrogens with one attached hydrogen (secondary N) is 1. The number of thiophene rings is 1. The normalized spacial score (nSPS) is 13.8. The molecule has 1 aliphatic rings. The Balaban J connectivity index is 1.56. The van der Waals surface area contributed by atoms with Crippen LogP contribution in [0.2, 0.25) is 0 Å². The zero-order valence-corrected chi connectivity index (χ0v) is 19.1. The molecule has 0 saturated carbocycles. The van der Waals surface area contributed by atoms with E-state index < -0.39 is 5.91 Å². The molecular formula is C22H22N8O3S. The number of aromatic nitrogens is 4. The van der Waals surface area contributed by atoms with Gasteiger partial charge in [0.1, 0.15) is 5.00 Å². The summed E-state index contributed by atoms with van der Waals surface area (Å²) in [5.74, 6) is 1.22. The van der Waals surface area contributed by atoms with Gasteiger partial charge in [0.15, 0.2) is 11.6 Å². The van der Waals surface area contributed by atoms with Crippen molar-refractivity contribution in [3.63, 3.8) is 0 Å². The van der Waals surface area contributed by atoms with E-state index in [0.29, 0.717) is 30.7 Å². The summed E-state index contributed by atoms with van der Waals surface area (Å²) >= 11 is 1.54. The van der Waals surface area contributed by atoms with Gasteiger partial charge in [-0.2, -0.15) is 0 Å². The average Bonchev–Trinajstić information content (AvgIpc) is 3.32. The molecule has 0 atom stereocenters. The molecular weight excluding hydrogens is 456 g/mol. The summed E-state index contributed by atoms with van der Waals surface area (Å²) < 4.78 is 6.49. The van der Waals surface area contributed by atoms with E-state index in [-0.39, 0.29) is 5.56 Å². The maximum absolute atomic E-state index is 11.5. The number of carbonyl (C=O) groups is 1. The molecule has 5 rings (SSSR count). The summed E-state index contributed by atoms with van der Waals surface area (Å²) in [5.41, 5.74) is 9.96. The SMILES string of the molecule is CN(c1ncc(C(=O)NO)cn1)c1cc2nc(-c3ccc(N)cc3)nc(N3CCOCC3)c2s1. The second kappa shape index (κ2) is 9.17. The third-order valence-corrected chi connectivity index (χ3v) is 6.65. The largest absolute Gasteiger partial charge is 0.399 e. The van der Waals surface area contributed by atoms with E-state index in [0.717, 1.165) is 39.7 Å². The number of carbonyl (C=O) groups excluding carboxylic acids is 1. The molecule has 11 nitrogen and oxygen atoms in total. The van der Waals surface area contributed by atoms with Crippen LogP contribution in [-0.2, 0) is 4.74 Å². The Morgan fingerprint density at radius 2 is 1.88 bits per heavy atom. The van der Waals surface area contributed by atoms with E-state index in [2.05, 4.69) is 14.9 Å². The molecule has 0 spiro atoms. The van der Waals surface area contributed by atoms with E-state index >= 15 is 0 Å². The lowest BCUT2D eigenvalue weighted by atomic mass is 10.2. The lowest BCUT2D eigenvalue weighted by Crippen LogP contribution is -2.36. The number of nitrogen functional groups attached to an aromatic ring is 1. The van der Waals surface area contributed by atoms with Crippen molar-refractivity contribution in [3.05, 3.63) is 48.3 Å². The molecule has 1 amide bonds. The van der Waals surface area contributed by atoms with Gasteiger partial charge in [-0.25, -0.2) is 25.4 Å². The van der Waals surface area contributed by atoms with Gasteiger partial charge in [-0.05, 0) is 30.3 Å². The molecule has 1 fully saturated rings. The molecule has 1 aliphatic heterocycles. The van der Waals surface area contributed by atoms with Crippen molar-refractivity contribution >= 4 is 49.9 Å². The minimum absolute atomic E-state index is 0.157. The topological polar surface area (TPSA) is 143 Å². The monoisotopic (exact) mass is 478 g/mol. The number of ether oxygens (including phenoxy) is 1. The van der Waals surface area contributed by atoms with Crippen LogP contribution in [0.1, 0.15) is 10.4 Å². The first-order valence-corrected chi connectivity index (χ1v) is 11.4. The van der Waals surface area contributed by atoms with Crippen molar-refractivity contribution < 1.29 is 14.7 Å². The molecule has 0 bridgehead atoms. The van der Waals surface area contributed by atoms with Crippen LogP contribution in [0.5, 0.6) is 0 Å². The van der Waals surface area contributed by atoms with Crippen molar-refractivity contribution in [2.24, 2.45) is 0 Å². The maximum Gasteiger partial charge on any atom is 0.277 e. The number of nitrogens with two attached hydrogens (primary N) is 1. The van der Waals surface area contributed by atoms with Crippen LogP contribution in [-0.4, -0.2) is 64.4 Å². The summed E-state index contributed by atoms with van der Waals surface area (Å²) in [7, 11) is 1.84. The fraction of sp³-hybridized carbons (Fsp3) is 0.227. The van der Waals surface area contributed by atoms with Crippen LogP contribution in [0.25, 0.3) is 21.6 Å². The molecule has 3 aromatic heterocycles. The van der Waals surface area contributed by atoms with E-state index in [1.807, 2.05) is 42.3 Å². The number of morpholine rings is 1. The summed E-state index contributed by atoms with van der Waals surface area (Å²) in [4.78, 5) is 33.8. The van der Waals surface area contributed by atoms with Gasteiger partial charge >= 0.3 is 0 Å². The van der Waals surface area contributed by atoms with Crippen molar-refractivity contribution in [1.82, 2.24) is 25.4 Å². The first-order chi connectivity index (χ1) is 16.5. The fourth-order valence-corrected chi connectivity index (χ4v) is 4.67. The third kappa shape index (κ3) is 4.21. The van der Waals surface area contributed by atoms with Crippen LogP contribution in [0.4, 0.5) is 22.5 Å². The molecule has 0 unspecified atom stereocenters. The smallest absolute Gasteiger partial charge is 0.277 e. The van der Waals surface area contributed by atoms with E-state index in [4.69, 9.17) is 25.6 Å². The standard InChI is InChI=1S/C22H22N8O3S/c1-29(22-24-11-14(12-25-22)21(31)28-32)17-10-16-18(34-17)20(30-6-8-33-9-7-30)27-19(26-16)13-2-4-15(23)5-3-13/h2-5,10-12,32H,6-9,23H2,1H3,(H,28,31). The van der Waals surface area contributed by atoms with Gasteiger partial charge in [-0.1, -0.05) is 0 Å². The van der Waals surface area contributed by atoms with Crippen molar-refractivity contribution in [3.8, 4) is 11.4 Å². The average molecular weight is 479 g/mol. The highest BCUT2D eigenvalue weighted by atomic mass is 32.1. The number of hydrogen-bond acceptors (Lipinski definition) is 11. The lowest BCUT2D eigenvalue weighted by molar-refractivity contribution is 0.0705. The predicted molar refractivity (Wildman–Crippen MR) is 130 cm³/mol. The molecule has 0 radical (unpaired) electrons. The Bertz CT molecular complexity index is 1320. The Morgan fingerprint density at radius 3 is 2.56 bits per heavy atom. The summed E-state index contributed by atoms with van der Waals surface area (Å²) in [6, 6.07) is 9.47. The van der Waals surface area contributed by atoms with Crippen LogP contribution < -0.4 is 21.0 Å². The molecule has 12 heteroatoms. The Labute approximate surface area is 198 Å². The lowest BCUT2D eigenvalue weighted by Gasteiger charge is -2.28. The number of hydrogen-bond donors (Lipinski definition) is 3. The summed E-state index contributed by atoms with van der Waals surface area (Å²) in [5, 5.41) is 9.65. The predicted octanol–water partition coefficient (Wildman–Crippen LogP) is 2.45. The first kappa shape index (κ1) is 21.9. The summed E-state index contributed by atoms with van der Waals surface area (Å²) in [6.45, 7) is 2.77. The molecule has 1 aromatic carbocycles. The number of amides is 1. The number of hydroxylamine groups is 1. The number of nitrogens with zero attached hydrogens (tertiary/aromatic N) is 6. The minimum Gasteiger partial charge on any atom is -0.399 e. The molecule has 4 N–H and O–H groups in total. The van der Waals surface area contributed by atoms with Crippen LogP contribution >= 0.6 is 11.3 Å². The molecule has 34 heavy (non-hydrogen) atoms. The first-order valence-electron chi connectivity index (χ1n) is 10.5. The van der Waals surface area contributed by atoms with Gasteiger partial charge in [0.05, 0.1) is 29.0 Å². The summed E-state index contributed by atoms with van der Waals surface area (Å²) in [6.07, 6.45) is 2.71. The van der Waals surface area contributed by atoms with Gasteiger partial charge in [-0.15, -0.1) is 11.3 Å². The Morgan fingerprint density at radius 1 is 1.18 bits per heavy atom. The second-order valence-corrected chi connectivity index (χ2v) is 8.69. The highest BCUT2D eigenvalue weighted by molar-refractivity contribution is 7.23. The van der Waals surface area contributed by atoms with E-state index in [9.17, 15) is 4.79 Å². The van der Waals surface area contributed by atoms with Gasteiger partial charge in [0, 0.05) is 43.8 Å². The minimum atomic E-state index is -0.670. The Hall–Kier alpha value is -3.87. The van der Waals surface area contributed by atoms with Crippen molar-refractivity contribution in [2.45, 2.75) is 0 Å². The second-order valence-electron chi connectivity index (χ2n) is 7.66. The molecule has 1 saturated heterocycles. The van der Waals surface area contributed by atoms with Crippen LogP contribution in [0, 0.1) is 0 Å². The highest BCUT2D eigenvalue weighted by Gasteiger charge is 2.22. The van der Waals surface area contributed by atoms with Crippen LogP contribution in [0.3, 0.4) is 0 Å². The zero-order chi connectivity index (χ0) is 23.7. The number of fused-ring (bicyclic) bond motifs is 1. The van der Waals surface area contributed by atoms with Crippen molar-refractivity contribution in [1.29, 1.82) is 0 Å². The highest BCUT2D eigenvalue weighted by Crippen LogP contribution is 2.39. The van der Waals surface area contributed by atoms with Crippen LogP contribution in [0.15, 0.2) is 42.7 Å². The maximum atomic E-state index is 11.5. The number of rotatable bonds is 5. The quantitative estimate of drug-likeness (QED) is 0.222. The third-order valence-electron chi connectivity index (χ3n) is 5.45. The van der Waals surface area contributed by atoms with Gasteiger partial charge in [-0.3, -0.25) is 10.0 Å². The van der Waals surface area contributed by atoms with Crippen molar-refractivity contribution in [2.75, 3.05) is 48.9 Å². The molecule has 4 aromatic rings. The molecule has 4 heterocycles.